The summed E-state index contributed by atoms with van der Waals surface area (Å²) >= 11 is 0. The Labute approximate surface area is 156 Å². The van der Waals surface area contributed by atoms with Crippen LogP contribution in [0.15, 0.2) is 48.5 Å². The van der Waals surface area contributed by atoms with Crippen molar-refractivity contribution in [3.63, 3.8) is 0 Å². The minimum absolute atomic E-state index is 0.00977. The molecule has 0 aliphatic rings. The van der Waals surface area contributed by atoms with Crippen LogP contribution in [0.4, 0.5) is 17.6 Å². The second-order valence-corrected chi connectivity index (χ2v) is 6.62. The fraction of sp³-hybridized carbons (Fsp3) is 0.350. The highest BCUT2D eigenvalue weighted by Crippen LogP contribution is 2.29. The van der Waals surface area contributed by atoms with Gasteiger partial charge in [0.2, 0.25) is 5.91 Å². The number of carbonyl (C=O) groups is 1. The van der Waals surface area contributed by atoms with E-state index in [2.05, 4.69) is 0 Å². The molecule has 0 saturated heterocycles. The summed E-state index contributed by atoms with van der Waals surface area (Å²) in [5.41, 5.74) is 0.181. The van der Waals surface area contributed by atoms with E-state index >= 15 is 0 Å². The SMILES string of the molecule is CN(C)CCN(Cc1cccc(C(F)(F)F)c1)C(=O)Cc1cccc(F)c1. The minimum Gasteiger partial charge on any atom is -0.337 e. The number of rotatable bonds is 7. The van der Waals surface area contributed by atoms with Gasteiger partial charge >= 0.3 is 6.18 Å². The molecule has 1 amide bonds. The lowest BCUT2D eigenvalue weighted by molar-refractivity contribution is -0.137. The molecular formula is C20H22F4N2O. The van der Waals surface area contributed by atoms with Gasteiger partial charge in [0.15, 0.2) is 0 Å². The molecule has 0 N–H and O–H groups in total. The number of amides is 1. The van der Waals surface area contributed by atoms with Crippen LogP contribution >= 0.6 is 0 Å². The molecule has 0 atom stereocenters. The molecule has 0 aromatic heterocycles. The van der Waals surface area contributed by atoms with E-state index < -0.39 is 17.6 Å². The van der Waals surface area contributed by atoms with Crippen LogP contribution in [0.1, 0.15) is 16.7 Å². The van der Waals surface area contributed by atoms with E-state index in [9.17, 15) is 22.4 Å². The highest BCUT2D eigenvalue weighted by atomic mass is 19.4. The molecule has 146 valence electrons. The Bertz CT molecular complexity index is 775. The van der Waals surface area contributed by atoms with Crippen LogP contribution in [0.25, 0.3) is 0 Å². The van der Waals surface area contributed by atoms with Gasteiger partial charge in [0.05, 0.1) is 12.0 Å². The molecule has 0 fully saturated rings. The Hall–Kier alpha value is -2.41. The summed E-state index contributed by atoms with van der Waals surface area (Å²) in [5.74, 6) is -0.696. The maximum Gasteiger partial charge on any atom is 0.416 e. The first-order valence-corrected chi connectivity index (χ1v) is 8.48. The summed E-state index contributed by atoms with van der Waals surface area (Å²) < 4.78 is 52.1. The molecule has 0 radical (unpaired) electrons. The number of nitrogens with zero attached hydrogens (tertiary/aromatic N) is 2. The van der Waals surface area contributed by atoms with Gasteiger partial charge in [-0.05, 0) is 49.5 Å². The van der Waals surface area contributed by atoms with E-state index in [1.807, 2.05) is 19.0 Å². The van der Waals surface area contributed by atoms with Crippen LogP contribution in [0, 0.1) is 5.82 Å². The van der Waals surface area contributed by atoms with Crippen molar-refractivity contribution in [3.8, 4) is 0 Å². The van der Waals surface area contributed by atoms with E-state index in [0.29, 0.717) is 24.2 Å². The van der Waals surface area contributed by atoms with Gasteiger partial charge in [0.1, 0.15) is 5.82 Å². The first-order valence-electron chi connectivity index (χ1n) is 8.48. The van der Waals surface area contributed by atoms with Crippen LogP contribution in [0.2, 0.25) is 0 Å². The van der Waals surface area contributed by atoms with Crippen molar-refractivity contribution in [2.24, 2.45) is 0 Å². The van der Waals surface area contributed by atoms with E-state index in [-0.39, 0.29) is 18.9 Å². The van der Waals surface area contributed by atoms with Gasteiger partial charge in [-0.25, -0.2) is 4.39 Å². The molecule has 27 heavy (non-hydrogen) atoms. The third kappa shape index (κ3) is 6.67. The molecule has 2 aromatic rings. The lowest BCUT2D eigenvalue weighted by Crippen LogP contribution is -2.37. The molecule has 0 aliphatic heterocycles. The maximum absolute atomic E-state index is 13.3. The van der Waals surface area contributed by atoms with Crippen molar-refractivity contribution < 1.29 is 22.4 Å². The average molecular weight is 382 g/mol. The summed E-state index contributed by atoms with van der Waals surface area (Å²) in [7, 11) is 3.69. The van der Waals surface area contributed by atoms with Crippen LogP contribution in [0.5, 0.6) is 0 Å². The van der Waals surface area contributed by atoms with Crippen LogP contribution in [-0.4, -0.2) is 42.9 Å². The quantitative estimate of drug-likeness (QED) is 0.677. The van der Waals surface area contributed by atoms with E-state index in [1.165, 1.54) is 29.2 Å². The third-order valence-electron chi connectivity index (χ3n) is 4.04. The van der Waals surface area contributed by atoms with Gasteiger partial charge in [-0.1, -0.05) is 24.3 Å². The Morgan fingerprint density at radius 2 is 1.63 bits per heavy atom. The summed E-state index contributed by atoms with van der Waals surface area (Å²) in [6.07, 6.45) is -4.44. The average Bonchev–Trinajstić information content (AvgIpc) is 2.58. The highest BCUT2D eigenvalue weighted by Gasteiger charge is 2.30. The lowest BCUT2D eigenvalue weighted by atomic mass is 10.1. The summed E-state index contributed by atoms with van der Waals surface area (Å²) in [4.78, 5) is 16.1. The molecule has 2 rings (SSSR count). The second kappa shape index (κ2) is 8.99. The summed E-state index contributed by atoms with van der Waals surface area (Å²) in [6.45, 7) is 0.983. The van der Waals surface area contributed by atoms with Gasteiger partial charge < -0.3 is 9.80 Å². The molecule has 0 bridgehead atoms. The molecule has 0 heterocycles. The molecular weight excluding hydrogens is 360 g/mol. The zero-order chi connectivity index (χ0) is 20.0. The third-order valence-corrected chi connectivity index (χ3v) is 4.04. The Morgan fingerprint density at radius 1 is 0.963 bits per heavy atom. The standard InChI is InChI=1S/C20H22F4N2O/c1-25(2)9-10-26(19(27)13-15-5-4-8-18(21)12-15)14-16-6-3-7-17(11-16)20(22,23)24/h3-8,11-12H,9-10,13-14H2,1-2H3. The molecule has 0 saturated carbocycles. The highest BCUT2D eigenvalue weighted by molar-refractivity contribution is 5.78. The molecule has 0 spiro atoms. The summed E-state index contributed by atoms with van der Waals surface area (Å²) in [5, 5.41) is 0. The topological polar surface area (TPSA) is 23.6 Å². The van der Waals surface area contributed by atoms with Crippen molar-refractivity contribution in [3.05, 3.63) is 71.0 Å². The number of halogens is 4. The first kappa shape index (κ1) is 20.9. The zero-order valence-corrected chi connectivity index (χ0v) is 15.3. The Kier molecular flexibility index (Phi) is 6.96. The predicted octanol–water partition coefficient (Wildman–Crippen LogP) is 3.98. The molecule has 3 nitrogen and oxygen atoms in total. The van der Waals surface area contributed by atoms with Gasteiger partial charge in [-0.2, -0.15) is 13.2 Å². The van der Waals surface area contributed by atoms with Gasteiger partial charge in [-0.15, -0.1) is 0 Å². The number of hydrogen-bond donors (Lipinski definition) is 0. The molecule has 2 aromatic carbocycles. The number of benzene rings is 2. The van der Waals surface area contributed by atoms with Crippen molar-refractivity contribution in [1.29, 1.82) is 0 Å². The Balaban J connectivity index is 2.17. The number of hydrogen-bond acceptors (Lipinski definition) is 2. The van der Waals surface area contributed by atoms with Crippen molar-refractivity contribution in [1.82, 2.24) is 9.80 Å². The van der Waals surface area contributed by atoms with Gasteiger partial charge in [-0.3, -0.25) is 4.79 Å². The zero-order valence-electron chi connectivity index (χ0n) is 15.3. The normalized spacial score (nSPS) is 11.7. The smallest absolute Gasteiger partial charge is 0.337 e. The van der Waals surface area contributed by atoms with Gasteiger partial charge in [0, 0.05) is 19.6 Å². The number of alkyl halides is 3. The van der Waals surface area contributed by atoms with Crippen molar-refractivity contribution in [2.45, 2.75) is 19.1 Å². The fourth-order valence-electron chi connectivity index (χ4n) is 2.61. The van der Waals surface area contributed by atoms with Crippen molar-refractivity contribution >= 4 is 5.91 Å². The molecule has 7 heteroatoms. The van der Waals surface area contributed by atoms with Crippen LogP contribution in [0.3, 0.4) is 0 Å². The van der Waals surface area contributed by atoms with E-state index in [0.717, 1.165) is 12.1 Å². The summed E-state index contributed by atoms with van der Waals surface area (Å²) in [6, 6.07) is 10.7. The van der Waals surface area contributed by atoms with E-state index in [1.54, 1.807) is 12.1 Å². The first-order chi connectivity index (χ1) is 12.6. The van der Waals surface area contributed by atoms with E-state index in [4.69, 9.17) is 0 Å². The maximum atomic E-state index is 13.3. The second-order valence-electron chi connectivity index (χ2n) is 6.62. The van der Waals surface area contributed by atoms with Gasteiger partial charge in [0.25, 0.3) is 0 Å². The monoisotopic (exact) mass is 382 g/mol. The van der Waals surface area contributed by atoms with Crippen molar-refractivity contribution in [2.75, 3.05) is 27.2 Å². The van der Waals surface area contributed by atoms with Crippen LogP contribution < -0.4 is 0 Å². The Morgan fingerprint density at radius 3 is 2.26 bits per heavy atom. The number of likely N-dealkylation sites (N-methyl/N-ethyl adjacent to an activating group) is 1. The lowest BCUT2D eigenvalue weighted by Gasteiger charge is -2.25. The largest absolute Gasteiger partial charge is 0.416 e. The number of carbonyl (C=O) groups excluding carboxylic acids is 1. The minimum atomic E-state index is -4.43. The van der Waals surface area contributed by atoms with Crippen LogP contribution in [-0.2, 0) is 23.9 Å². The molecule has 0 aliphatic carbocycles. The molecule has 0 unspecified atom stereocenters. The fourth-order valence-corrected chi connectivity index (χ4v) is 2.61. The predicted molar refractivity (Wildman–Crippen MR) is 95.5 cm³/mol.